The van der Waals surface area contributed by atoms with Crippen LogP contribution in [-0.2, 0) is 0 Å². The van der Waals surface area contributed by atoms with Gasteiger partial charge in [0, 0.05) is 0 Å². The molecule has 0 aliphatic rings. The van der Waals surface area contributed by atoms with Crippen molar-refractivity contribution in [2.24, 2.45) is 0 Å². The Kier molecular flexibility index (Phi) is 2.88. The number of hydrazine groups is 1. The average Bonchev–Trinajstić information content (AvgIpc) is 2.28. The second-order valence-electron chi connectivity index (χ2n) is 3.49. The standard InChI is InChI=1S/C13H14N2/c1-11-6-5-9-13(10-11)15-14-12-7-3-2-4-8-12/h2-10,14-15H,1H3. The molecule has 2 N–H and O–H groups in total. The Morgan fingerprint density at radius 2 is 1.40 bits per heavy atom. The highest BCUT2D eigenvalue weighted by atomic mass is 15.4. The van der Waals surface area contributed by atoms with Crippen molar-refractivity contribution in [3.8, 4) is 0 Å². The van der Waals surface area contributed by atoms with E-state index in [1.54, 1.807) is 0 Å². The van der Waals surface area contributed by atoms with Gasteiger partial charge in [-0.15, -0.1) is 0 Å². The summed E-state index contributed by atoms with van der Waals surface area (Å²) in [4.78, 5) is 0. The van der Waals surface area contributed by atoms with Gasteiger partial charge in [-0.1, -0.05) is 30.3 Å². The maximum atomic E-state index is 3.15. The van der Waals surface area contributed by atoms with Crippen molar-refractivity contribution in [2.45, 2.75) is 6.92 Å². The van der Waals surface area contributed by atoms with Crippen LogP contribution in [-0.4, -0.2) is 0 Å². The van der Waals surface area contributed by atoms with Gasteiger partial charge < -0.3 is 10.9 Å². The second kappa shape index (κ2) is 4.51. The van der Waals surface area contributed by atoms with Crippen molar-refractivity contribution in [1.82, 2.24) is 0 Å². The van der Waals surface area contributed by atoms with Gasteiger partial charge in [0.1, 0.15) is 0 Å². The van der Waals surface area contributed by atoms with Crippen molar-refractivity contribution in [2.75, 3.05) is 10.9 Å². The number of rotatable bonds is 3. The first-order valence-corrected chi connectivity index (χ1v) is 4.98. The summed E-state index contributed by atoms with van der Waals surface area (Å²) in [6.45, 7) is 2.08. The molecular formula is C13H14N2. The fourth-order valence-corrected chi connectivity index (χ4v) is 1.39. The Labute approximate surface area is 89.9 Å². The molecule has 2 aromatic carbocycles. The van der Waals surface area contributed by atoms with Crippen molar-refractivity contribution >= 4 is 11.4 Å². The Morgan fingerprint density at radius 1 is 0.733 bits per heavy atom. The van der Waals surface area contributed by atoms with Gasteiger partial charge in [0.2, 0.25) is 0 Å². The van der Waals surface area contributed by atoms with Crippen LogP contribution in [0.5, 0.6) is 0 Å². The fraction of sp³-hybridized carbons (Fsp3) is 0.0769. The Hall–Kier alpha value is -1.96. The predicted octanol–water partition coefficient (Wildman–Crippen LogP) is 3.43. The predicted molar refractivity (Wildman–Crippen MR) is 64.9 cm³/mol. The smallest absolute Gasteiger partial charge is 0.0542 e. The van der Waals surface area contributed by atoms with Crippen LogP contribution in [0.25, 0.3) is 0 Å². The average molecular weight is 198 g/mol. The van der Waals surface area contributed by atoms with E-state index < -0.39 is 0 Å². The summed E-state index contributed by atoms with van der Waals surface area (Å²) in [5.41, 5.74) is 9.66. The number of aryl methyl sites for hydroxylation is 1. The van der Waals surface area contributed by atoms with Gasteiger partial charge in [-0.05, 0) is 36.8 Å². The third kappa shape index (κ3) is 2.74. The number of hydrogen-bond donors (Lipinski definition) is 2. The molecule has 0 unspecified atom stereocenters. The highest BCUT2D eigenvalue weighted by Gasteiger charge is 1.91. The van der Waals surface area contributed by atoms with Crippen LogP contribution in [0.3, 0.4) is 0 Å². The van der Waals surface area contributed by atoms with E-state index in [1.807, 2.05) is 42.5 Å². The van der Waals surface area contributed by atoms with Crippen LogP contribution < -0.4 is 10.9 Å². The second-order valence-corrected chi connectivity index (χ2v) is 3.49. The quantitative estimate of drug-likeness (QED) is 0.738. The summed E-state index contributed by atoms with van der Waals surface area (Å²) in [5.74, 6) is 0. The van der Waals surface area contributed by atoms with E-state index >= 15 is 0 Å². The normalized spacial score (nSPS) is 9.67. The minimum Gasteiger partial charge on any atom is -0.301 e. The number of benzene rings is 2. The summed E-state index contributed by atoms with van der Waals surface area (Å²) in [7, 11) is 0. The van der Waals surface area contributed by atoms with Crippen molar-refractivity contribution < 1.29 is 0 Å². The van der Waals surface area contributed by atoms with Crippen LogP contribution in [0.15, 0.2) is 54.6 Å². The molecule has 2 nitrogen and oxygen atoms in total. The topological polar surface area (TPSA) is 24.1 Å². The van der Waals surface area contributed by atoms with Crippen LogP contribution in [0.1, 0.15) is 5.56 Å². The Balaban J connectivity index is 1.99. The zero-order chi connectivity index (χ0) is 10.5. The number of hydrogen-bond acceptors (Lipinski definition) is 2. The maximum Gasteiger partial charge on any atom is 0.0542 e. The lowest BCUT2D eigenvalue weighted by Gasteiger charge is -2.09. The highest BCUT2D eigenvalue weighted by molar-refractivity contribution is 5.53. The Morgan fingerprint density at radius 3 is 2.13 bits per heavy atom. The monoisotopic (exact) mass is 198 g/mol. The van der Waals surface area contributed by atoms with Crippen molar-refractivity contribution in [3.63, 3.8) is 0 Å². The van der Waals surface area contributed by atoms with E-state index in [4.69, 9.17) is 0 Å². The summed E-state index contributed by atoms with van der Waals surface area (Å²) >= 11 is 0. The van der Waals surface area contributed by atoms with Crippen LogP contribution in [0.2, 0.25) is 0 Å². The van der Waals surface area contributed by atoms with Crippen LogP contribution >= 0.6 is 0 Å². The summed E-state index contributed by atoms with van der Waals surface area (Å²) in [5, 5.41) is 0. The van der Waals surface area contributed by atoms with Crippen molar-refractivity contribution in [1.29, 1.82) is 0 Å². The molecule has 2 heteroatoms. The largest absolute Gasteiger partial charge is 0.301 e. The van der Waals surface area contributed by atoms with Gasteiger partial charge in [-0.3, -0.25) is 0 Å². The van der Waals surface area contributed by atoms with E-state index in [1.165, 1.54) is 5.56 Å². The molecule has 2 rings (SSSR count). The summed E-state index contributed by atoms with van der Waals surface area (Å²) in [6.07, 6.45) is 0. The van der Waals surface area contributed by atoms with Crippen LogP contribution in [0.4, 0.5) is 11.4 Å². The molecule has 0 saturated carbocycles. The van der Waals surface area contributed by atoms with Gasteiger partial charge >= 0.3 is 0 Å². The molecule has 0 bridgehead atoms. The Bertz CT molecular complexity index is 424. The fourth-order valence-electron chi connectivity index (χ4n) is 1.39. The molecule has 76 valence electrons. The highest BCUT2D eigenvalue weighted by Crippen LogP contribution is 2.11. The van der Waals surface area contributed by atoms with Gasteiger partial charge in [-0.2, -0.15) is 0 Å². The van der Waals surface area contributed by atoms with Crippen molar-refractivity contribution in [3.05, 3.63) is 60.2 Å². The zero-order valence-corrected chi connectivity index (χ0v) is 8.70. The number of anilines is 2. The van der Waals surface area contributed by atoms with Gasteiger partial charge in [0.15, 0.2) is 0 Å². The molecule has 0 saturated heterocycles. The molecule has 0 aliphatic heterocycles. The molecular weight excluding hydrogens is 184 g/mol. The lowest BCUT2D eigenvalue weighted by Crippen LogP contribution is -2.08. The molecule has 0 heterocycles. The molecule has 0 radical (unpaired) electrons. The summed E-state index contributed by atoms with van der Waals surface area (Å²) < 4.78 is 0. The molecule has 0 amide bonds. The maximum absolute atomic E-state index is 3.15. The van der Waals surface area contributed by atoms with Gasteiger partial charge in [0.05, 0.1) is 11.4 Å². The minimum atomic E-state index is 1.05. The van der Waals surface area contributed by atoms with E-state index in [0.29, 0.717) is 0 Å². The summed E-state index contributed by atoms with van der Waals surface area (Å²) in [6, 6.07) is 18.3. The molecule has 15 heavy (non-hydrogen) atoms. The molecule has 2 aromatic rings. The third-order valence-corrected chi connectivity index (χ3v) is 2.14. The minimum absolute atomic E-state index is 1.05. The third-order valence-electron chi connectivity index (χ3n) is 2.14. The van der Waals surface area contributed by atoms with E-state index in [0.717, 1.165) is 11.4 Å². The van der Waals surface area contributed by atoms with E-state index in [2.05, 4.69) is 29.9 Å². The molecule has 0 aliphatic carbocycles. The number of para-hydroxylation sites is 1. The molecule has 0 fully saturated rings. The lowest BCUT2D eigenvalue weighted by atomic mass is 10.2. The zero-order valence-electron chi connectivity index (χ0n) is 8.70. The first-order valence-electron chi connectivity index (χ1n) is 4.98. The number of nitrogens with one attached hydrogen (secondary N) is 2. The lowest BCUT2D eigenvalue weighted by molar-refractivity contribution is 1.38. The first kappa shape index (κ1) is 9.59. The van der Waals surface area contributed by atoms with Crippen LogP contribution in [0, 0.1) is 6.92 Å². The SMILES string of the molecule is Cc1cccc(NNc2ccccc2)c1. The van der Waals surface area contributed by atoms with E-state index in [-0.39, 0.29) is 0 Å². The molecule has 0 atom stereocenters. The van der Waals surface area contributed by atoms with E-state index in [9.17, 15) is 0 Å². The van der Waals surface area contributed by atoms with Gasteiger partial charge in [0.25, 0.3) is 0 Å². The van der Waals surface area contributed by atoms with Gasteiger partial charge in [-0.25, -0.2) is 0 Å². The molecule has 0 aromatic heterocycles. The first-order chi connectivity index (χ1) is 7.34. The molecule has 0 spiro atoms.